The van der Waals surface area contributed by atoms with Gasteiger partial charge in [-0.1, -0.05) is 6.07 Å². The van der Waals surface area contributed by atoms with E-state index >= 15 is 0 Å². The van der Waals surface area contributed by atoms with Gasteiger partial charge in [0.2, 0.25) is 0 Å². The maximum atomic E-state index is 5.81. The molecule has 0 bridgehead atoms. The first-order chi connectivity index (χ1) is 9.88. The summed E-state index contributed by atoms with van der Waals surface area (Å²) in [5, 5.41) is 3.39. The van der Waals surface area contributed by atoms with Crippen LogP contribution in [0.3, 0.4) is 0 Å². The highest BCUT2D eigenvalue weighted by atomic mass is 32.2. The normalized spacial score (nSPS) is 19.1. The predicted molar refractivity (Wildman–Crippen MR) is 82.2 cm³/mol. The maximum Gasteiger partial charge on any atom is 0.175 e. The zero-order valence-corrected chi connectivity index (χ0v) is 12.8. The van der Waals surface area contributed by atoms with E-state index in [0.717, 1.165) is 50.6 Å². The van der Waals surface area contributed by atoms with E-state index in [2.05, 4.69) is 28.6 Å². The van der Waals surface area contributed by atoms with Gasteiger partial charge in [0.25, 0.3) is 0 Å². The van der Waals surface area contributed by atoms with Crippen molar-refractivity contribution in [1.29, 1.82) is 0 Å². The lowest BCUT2D eigenvalue weighted by molar-refractivity contribution is 0.167. The highest BCUT2D eigenvalue weighted by molar-refractivity contribution is 7.98. The van der Waals surface area contributed by atoms with Crippen molar-refractivity contribution in [1.82, 2.24) is 10.2 Å². The van der Waals surface area contributed by atoms with Crippen molar-refractivity contribution in [2.45, 2.75) is 11.3 Å². The zero-order valence-electron chi connectivity index (χ0n) is 12.0. The minimum absolute atomic E-state index is 0.654. The summed E-state index contributed by atoms with van der Waals surface area (Å²) in [5.74, 6) is 1.84. The van der Waals surface area contributed by atoms with Crippen molar-refractivity contribution in [3.8, 4) is 11.5 Å². The summed E-state index contributed by atoms with van der Waals surface area (Å²) in [5.41, 5.74) is 1.38. The van der Waals surface area contributed by atoms with Crippen LogP contribution in [0.4, 0.5) is 0 Å². The molecule has 0 aromatic heterocycles. The number of nitrogens with one attached hydrogen (secondary N) is 1. The van der Waals surface area contributed by atoms with Gasteiger partial charge < -0.3 is 19.7 Å². The molecule has 0 radical (unpaired) electrons. The van der Waals surface area contributed by atoms with Gasteiger partial charge in [0, 0.05) is 32.7 Å². The van der Waals surface area contributed by atoms with Crippen LogP contribution < -0.4 is 14.8 Å². The van der Waals surface area contributed by atoms with E-state index in [0.29, 0.717) is 13.2 Å². The van der Waals surface area contributed by atoms with Gasteiger partial charge in [0.15, 0.2) is 11.5 Å². The smallest absolute Gasteiger partial charge is 0.175 e. The molecule has 0 amide bonds. The van der Waals surface area contributed by atoms with Crippen LogP contribution >= 0.6 is 11.8 Å². The van der Waals surface area contributed by atoms with E-state index in [-0.39, 0.29) is 0 Å². The number of rotatable bonds is 4. The third-order valence-electron chi connectivity index (χ3n) is 3.86. The molecule has 2 aliphatic rings. The Morgan fingerprint density at radius 1 is 1.20 bits per heavy atom. The molecule has 110 valence electrons. The maximum absolute atomic E-state index is 5.81. The molecule has 20 heavy (non-hydrogen) atoms. The number of hydrogen-bond acceptors (Lipinski definition) is 5. The third-order valence-corrected chi connectivity index (χ3v) is 4.71. The van der Waals surface area contributed by atoms with Crippen LogP contribution in [-0.2, 0) is 6.42 Å². The molecule has 1 saturated heterocycles. The van der Waals surface area contributed by atoms with E-state index in [1.165, 1.54) is 10.5 Å². The van der Waals surface area contributed by atoms with Crippen LogP contribution in [0.25, 0.3) is 0 Å². The Labute approximate surface area is 124 Å². The van der Waals surface area contributed by atoms with Crippen molar-refractivity contribution in [2.75, 3.05) is 52.2 Å². The highest BCUT2D eigenvalue weighted by Crippen LogP contribution is 2.41. The second kappa shape index (κ2) is 6.70. The number of ether oxygens (including phenoxy) is 2. The van der Waals surface area contributed by atoms with Gasteiger partial charge in [-0.2, -0.15) is 0 Å². The SMILES string of the molecule is CSc1c(CCN2CCNCC2)ccc2c1OCCO2. The van der Waals surface area contributed by atoms with Crippen LogP contribution in [0.5, 0.6) is 11.5 Å². The summed E-state index contributed by atoms with van der Waals surface area (Å²) in [6.45, 7) is 6.95. The van der Waals surface area contributed by atoms with E-state index in [4.69, 9.17) is 9.47 Å². The molecule has 1 N–H and O–H groups in total. The Bertz CT molecular complexity index is 461. The molecule has 2 heterocycles. The monoisotopic (exact) mass is 294 g/mol. The van der Waals surface area contributed by atoms with Crippen molar-refractivity contribution < 1.29 is 9.47 Å². The van der Waals surface area contributed by atoms with Gasteiger partial charge in [-0.3, -0.25) is 0 Å². The van der Waals surface area contributed by atoms with E-state index in [1.54, 1.807) is 11.8 Å². The summed E-state index contributed by atoms with van der Waals surface area (Å²) in [4.78, 5) is 3.77. The molecule has 0 aliphatic carbocycles. The number of piperazine rings is 1. The lowest BCUT2D eigenvalue weighted by Gasteiger charge is -2.28. The molecule has 1 fully saturated rings. The second-order valence-electron chi connectivity index (χ2n) is 5.12. The summed E-state index contributed by atoms with van der Waals surface area (Å²) >= 11 is 1.76. The predicted octanol–water partition coefficient (Wildman–Crippen LogP) is 1.63. The van der Waals surface area contributed by atoms with Gasteiger partial charge in [0.1, 0.15) is 13.2 Å². The summed E-state index contributed by atoms with van der Waals surface area (Å²) in [7, 11) is 0. The topological polar surface area (TPSA) is 33.7 Å². The van der Waals surface area contributed by atoms with Crippen LogP contribution in [-0.4, -0.2) is 57.1 Å². The largest absolute Gasteiger partial charge is 0.486 e. The highest BCUT2D eigenvalue weighted by Gasteiger charge is 2.19. The second-order valence-corrected chi connectivity index (χ2v) is 5.94. The first-order valence-corrected chi connectivity index (χ1v) is 8.49. The van der Waals surface area contributed by atoms with Gasteiger partial charge in [-0.15, -0.1) is 11.8 Å². The fourth-order valence-electron chi connectivity index (χ4n) is 2.77. The first kappa shape index (κ1) is 14.0. The summed E-state index contributed by atoms with van der Waals surface area (Å²) in [6.07, 6.45) is 3.19. The molecular weight excluding hydrogens is 272 g/mol. The number of thioether (sulfide) groups is 1. The molecule has 1 aromatic carbocycles. The molecular formula is C15H22N2O2S. The van der Waals surface area contributed by atoms with Crippen molar-refractivity contribution in [3.63, 3.8) is 0 Å². The molecule has 2 aliphatic heterocycles. The molecule has 1 aromatic rings. The molecule has 3 rings (SSSR count). The van der Waals surface area contributed by atoms with Crippen molar-refractivity contribution in [2.24, 2.45) is 0 Å². The van der Waals surface area contributed by atoms with E-state index < -0.39 is 0 Å². The molecule has 4 nitrogen and oxygen atoms in total. The minimum atomic E-state index is 0.654. The van der Waals surface area contributed by atoms with Gasteiger partial charge >= 0.3 is 0 Å². The average Bonchev–Trinajstić information content (AvgIpc) is 2.53. The Morgan fingerprint density at radius 3 is 2.80 bits per heavy atom. The molecule has 5 heteroatoms. The molecule has 0 saturated carbocycles. The van der Waals surface area contributed by atoms with Gasteiger partial charge in [0.05, 0.1) is 4.90 Å². The Morgan fingerprint density at radius 2 is 2.00 bits per heavy atom. The van der Waals surface area contributed by atoms with Crippen LogP contribution in [0.2, 0.25) is 0 Å². The van der Waals surface area contributed by atoms with E-state index in [1.807, 2.05) is 0 Å². The van der Waals surface area contributed by atoms with Crippen LogP contribution in [0, 0.1) is 0 Å². The Balaban J connectivity index is 1.72. The Kier molecular flexibility index (Phi) is 4.70. The van der Waals surface area contributed by atoms with Crippen LogP contribution in [0.1, 0.15) is 5.56 Å². The third kappa shape index (κ3) is 3.05. The number of hydrogen-bond donors (Lipinski definition) is 1. The van der Waals surface area contributed by atoms with Gasteiger partial charge in [-0.05, 0) is 24.3 Å². The number of benzene rings is 1. The summed E-state index contributed by atoms with van der Waals surface area (Å²) in [6, 6.07) is 4.25. The average molecular weight is 294 g/mol. The number of nitrogens with zero attached hydrogens (tertiary/aromatic N) is 1. The Hall–Kier alpha value is -0.910. The molecule has 0 unspecified atom stereocenters. The lowest BCUT2D eigenvalue weighted by Crippen LogP contribution is -2.44. The van der Waals surface area contributed by atoms with E-state index in [9.17, 15) is 0 Å². The van der Waals surface area contributed by atoms with Crippen molar-refractivity contribution in [3.05, 3.63) is 17.7 Å². The van der Waals surface area contributed by atoms with Crippen LogP contribution in [0.15, 0.2) is 17.0 Å². The minimum Gasteiger partial charge on any atom is -0.486 e. The zero-order chi connectivity index (χ0) is 13.8. The number of fused-ring (bicyclic) bond motifs is 1. The lowest BCUT2D eigenvalue weighted by atomic mass is 10.1. The standard InChI is InChI=1S/C15H22N2O2S/c1-20-15-12(4-7-17-8-5-16-6-9-17)2-3-13-14(15)19-11-10-18-13/h2-3,16H,4-11H2,1H3. The van der Waals surface area contributed by atoms with Crippen molar-refractivity contribution >= 4 is 11.8 Å². The summed E-state index contributed by atoms with van der Waals surface area (Å²) < 4.78 is 11.5. The fourth-order valence-corrected chi connectivity index (χ4v) is 3.54. The first-order valence-electron chi connectivity index (χ1n) is 7.27. The quantitative estimate of drug-likeness (QED) is 0.854. The molecule has 0 spiro atoms. The fraction of sp³-hybridized carbons (Fsp3) is 0.600. The van der Waals surface area contributed by atoms with Gasteiger partial charge in [-0.25, -0.2) is 0 Å². The molecule has 0 atom stereocenters.